The van der Waals surface area contributed by atoms with Crippen molar-refractivity contribution < 1.29 is 26.7 Å². The van der Waals surface area contributed by atoms with Gasteiger partial charge >= 0.3 is 6.18 Å². The van der Waals surface area contributed by atoms with Crippen LogP contribution in [0.25, 0.3) is 0 Å². The molecule has 1 aliphatic carbocycles. The molecule has 1 heterocycles. The summed E-state index contributed by atoms with van der Waals surface area (Å²) in [5, 5.41) is 2.38. The van der Waals surface area contributed by atoms with E-state index in [2.05, 4.69) is 5.32 Å². The fourth-order valence-corrected chi connectivity index (χ4v) is 2.60. The highest BCUT2D eigenvalue weighted by atomic mass is 19.4. The molecule has 1 aromatic rings. The molecule has 102 valence electrons. The molecule has 1 fully saturated rings. The van der Waals surface area contributed by atoms with Gasteiger partial charge in [0.25, 0.3) is 5.91 Å². The average Bonchev–Trinajstić information content (AvgIpc) is 2.94. The molecule has 0 radical (unpaired) electrons. The quantitative estimate of drug-likeness (QED) is 0.725. The first-order valence-electron chi connectivity index (χ1n) is 5.60. The zero-order valence-corrected chi connectivity index (χ0v) is 9.44. The third-order valence-electron chi connectivity index (χ3n) is 3.74. The number of carbonyl (C=O) groups excluding carboxylic acids is 1. The van der Waals surface area contributed by atoms with E-state index < -0.39 is 40.6 Å². The van der Waals surface area contributed by atoms with E-state index in [1.54, 1.807) is 0 Å². The second-order valence-electron chi connectivity index (χ2n) is 4.86. The minimum atomic E-state index is -4.87. The number of hydrogen-bond donors (Lipinski definition) is 1. The van der Waals surface area contributed by atoms with E-state index in [-0.39, 0.29) is 18.5 Å². The number of carbonyl (C=O) groups is 1. The maximum atomic E-state index is 14.1. The van der Waals surface area contributed by atoms with Crippen LogP contribution in [0.15, 0.2) is 12.1 Å². The number of amides is 1. The zero-order valence-electron chi connectivity index (χ0n) is 9.44. The van der Waals surface area contributed by atoms with Crippen molar-refractivity contribution in [2.75, 3.05) is 6.54 Å². The van der Waals surface area contributed by atoms with Gasteiger partial charge in [-0.05, 0) is 18.6 Å². The predicted octanol–water partition coefficient (Wildman–Crippen LogP) is 2.57. The van der Waals surface area contributed by atoms with Gasteiger partial charge in [0, 0.05) is 17.7 Å². The second-order valence-corrected chi connectivity index (χ2v) is 4.86. The molecular formula is C12H8F5NO. The van der Waals surface area contributed by atoms with Gasteiger partial charge in [0.2, 0.25) is 0 Å². The van der Waals surface area contributed by atoms with E-state index >= 15 is 0 Å². The van der Waals surface area contributed by atoms with E-state index in [1.807, 2.05) is 0 Å². The standard InChI is InChI=1S/C12H8F5NO/c13-7-3-11(7)4-18-10(19)5-1-2-6(12(15,16)17)9(14)8(5)11/h1-2,7H,3-4H2,(H,18,19)/t7-,11?/m1/s1. The molecule has 1 unspecified atom stereocenters. The van der Waals surface area contributed by atoms with Crippen molar-refractivity contribution in [3.05, 3.63) is 34.6 Å². The maximum absolute atomic E-state index is 14.1. The Morgan fingerprint density at radius 3 is 2.47 bits per heavy atom. The Balaban J connectivity index is 2.25. The number of rotatable bonds is 0. The largest absolute Gasteiger partial charge is 0.419 e. The van der Waals surface area contributed by atoms with Gasteiger partial charge in [-0.25, -0.2) is 8.78 Å². The number of nitrogens with one attached hydrogen (secondary N) is 1. The van der Waals surface area contributed by atoms with Crippen molar-refractivity contribution in [1.82, 2.24) is 5.32 Å². The summed E-state index contributed by atoms with van der Waals surface area (Å²) >= 11 is 0. The number of hydrogen-bond acceptors (Lipinski definition) is 1. The molecule has 1 amide bonds. The van der Waals surface area contributed by atoms with Crippen LogP contribution in [0, 0.1) is 5.82 Å². The highest BCUT2D eigenvalue weighted by Crippen LogP contribution is 2.54. The first-order valence-corrected chi connectivity index (χ1v) is 5.60. The van der Waals surface area contributed by atoms with Gasteiger partial charge in [-0.15, -0.1) is 0 Å². The first-order chi connectivity index (χ1) is 8.77. The second kappa shape index (κ2) is 3.46. The van der Waals surface area contributed by atoms with Gasteiger partial charge in [-0.2, -0.15) is 13.2 Å². The molecule has 7 heteroatoms. The minimum absolute atomic E-state index is 0.0709. The van der Waals surface area contributed by atoms with Crippen molar-refractivity contribution in [2.24, 2.45) is 0 Å². The van der Waals surface area contributed by atoms with E-state index in [0.717, 1.165) is 6.07 Å². The van der Waals surface area contributed by atoms with Crippen molar-refractivity contribution in [3.8, 4) is 0 Å². The smallest absolute Gasteiger partial charge is 0.351 e. The van der Waals surface area contributed by atoms with Gasteiger partial charge in [-0.1, -0.05) is 0 Å². The van der Waals surface area contributed by atoms with Gasteiger partial charge in [0.15, 0.2) is 0 Å². The van der Waals surface area contributed by atoms with E-state index in [4.69, 9.17) is 0 Å². The molecule has 0 aromatic heterocycles. The van der Waals surface area contributed by atoms with Gasteiger partial charge < -0.3 is 5.32 Å². The molecule has 1 aromatic carbocycles. The number of benzene rings is 1. The maximum Gasteiger partial charge on any atom is 0.419 e. The third-order valence-corrected chi connectivity index (χ3v) is 3.74. The van der Waals surface area contributed by atoms with E-state index in [1.165, 1.54) is 0 Å². The predicted molar refractivity (Wildman–Crippen MR) is 54.9 cm³/mol. The van der Waals surface area contributed by atoms with E-state index in [9.17, 15) is 26.7 Å². The fraction of sp³-hybridized carbons (Fsp3) is 0.417. The van der Waals surface area contributed by atoms with Crippen LogP contribution in [-0.4, -0.2) is 18.6 Å². The summed E-state index contributed by atoms with van der Waals surface area (Å²) < 4.78 is 65.5. The van der Waals surface area contributed by atoms with Crippen LogP contribution in [0.2, 0.25) is 0 Å². The Labute approximate surface area is 104 Å². The Morgan fingerprint density at radius 1 is 1.32 bits per heavy atom. The molecule has 0 saturated heterocycles. The Hall–Kier alpha value is -1.66. The van der Waals surface area contributed by atoms with Crippen LogP contribution >= 0.6 is 0 Å². The lowest BCUT2D eigenvalue weighted by molar-refractivity contribution is -0.140. The fourth-order valence-electron chi connectivity index (χ4n) is 2.60. The van der Waals surface area contributed by atoms with Crippen LogP contribution in [-0.2, 0) is 11.6 Å². The summed E-state index contributed by atoms with van der Waals surface area (Å²) in [6.07, 6.45) is -6.36. The number of halogens is 5. The van der Waals surface area contributed by atoms with Crippen LogP contribution in [0.1, 0.15) is 27.9 Å². The van der Waals surface area contributed by atoms with Crippen LogP contribution in [0.4, 0.5) is 22.0 Å². The first kappa shape index (κ1) is 12.4. The summed E-state index contributed by atoms with van der Waals surface area (Å²) in [5.74, 6) is -2.20. The lowest BCUT2D eigenvalue weighted by Gasteiger charge is -2.27. The Morgan fingerprint density at radius 2 is 1.95 bits per heavy atom. The lowest BCUT2D eigenvalue weighted by Crippen LogP contribution is -2.41. The molecule has 1 spiro atoms. The molecule has 2 atom stereocenters. The highest BCUT2D eigenvalue weighted by molar-refractivity contribution is 5.98. The molecule has 0 bridgehead atoms. The van der Waals surface area contributed by atoms with Crippen LogP contribution < -0.4 is 5.32 Å². The molecule has 2 aliphatic rings. The van der Waals surface area contributed by atoms with Crippen molar-refractivity contribution in [2.45, 2.75) is 24.2 Å². The molecule has 19 heavy (non-hydrogen) atoms. The number of fused-ring (bicyclic) bond motifs is 2. The van der Waals surface area contributed by atoms with Crippen LogP contribution in [0.3, 0.4) is 0 Å². The normalized spacial score (nSPS) is 29.1. The minimum Gasteiger partial charge on any atom is -0.351 e. The van der Waals surface area contributed by atoms with Gasteiger partial charge in [0.05, 0.1) is 11.0 Å². The van der Waals surface area contributed by atoms with Gasteiger partial charge in [0.1, 0.15) is 12.0 Å². The summed E-state index contributed by atoms with van der Waals surface area (Å²) in [5.41, 5.74) is -3.43. The molecule has 2 nitrogen and oxygen atoms in total. The molecule has 1 aliphatic heterocycles. The monoisotopic (exact) mass is 277 g/mol. The van der Waals surface area contributed by atoms with Crippen molar-refractivity contribution in [3.63, 3.8) is 0 Å². The zero-order chi connectivity index (χ0) is 14.0. The molecule has 1 saturated carbocycles. The van der Waals surface area contributed by atoms with Crippen molar-refractivity contribution >= 4 is 5.91 Å². The summed E-state index contributed by atoms with van der Waals surface area (Å²) in [4.78, 5) is 11.5. The van der Waals surface area contributed by atoms with E-state index in [0.29, 0.717) is 6.07 Å². The Bertz CT molecular complexity index is 582. The van der Waals surface area contributed by atoms with Crippen molar-refractivity contribution in [1.29, 1.82) is 0 Å². The highest BCUT2D eigenvalue weighted by Gasteiger charge is 2.61. The Kier molecular flexibility index (Phi) is 2.25. The van der Waals surface area contributed by atoms with Gasteiger partial charge in [-0.3, -0.25) is 4.79 Å². The molecular weight excluding hydrogens is 269 g/mol. The summed E-state index contributed by atoms with van der Waals surface area (Å²) in [6.45, 7) is -0.168. The van der Waals surface area contributed by atoms with Crippen LogP contribution in [0.5, 0.6) is 0 Å². The SMILES string of the molecule is O=C1NCC2(C[C@H]2F)c2c1ccc(C(F)(F)F)c2F. The third kappa shape index (κ3) is 1.56. The summed E-state index contributed by atoms with van der Waals surface area (Å²) in [7, 11) is 0. The molecule has 3 rings (SSSR count). The lowest BCUT2D eigenvalue weighted by atomic mass is 9.85. The topological polar surface area (TPSA) is 29.1 Å². The number of alkyl halides is 4. The summed E-state index contributed by atoms with van der Waals surface area (Å²) in [6, 6.07) is 1.42. The molecule has 1 N–H and O–H groups in total. The average molecular weight is 277 g/mol.